The number of hydrogen-bond acceptors (Lipinski definition) is 9. The fourth-order valence-electron chi connectivity index (χ4n) is 2.39. The number of aromatic nitrogens is 5. The van der Waals surface area contributed by atoms with Crippen LogP contribution < -0.4 is 10.6 Å². The molecule has 0 saturated carbocycles. The number of hydrogen-bond donors (Lipinski definition) is 1. The van der Waals surface area contributed by atoms with Crippen LogP contribution in [0.3, 0.4) is 0 Å². The molecule has 0 spiro atoms. The van der Waals surface area contributed by atoms with Gasteiger partial charge < -0.3 is 19.6 Å². The molecular formula is C17H14FN7O2. The van der Waals surface area contributed by atoms with Crippen molar-refractivity contribution in [2.75, 3.05) is 17.7 Å². The molecule has 0 saturated heterocycles. The Balaban J connectivity index is 1.70. The molecule has 2 N–H and O–H groups in total. The lowest BCUT2D eigenvalue weighted by atomic mass is 10.3. The van der Waals surface area contributed by atoms with Gasteiger partial charge in [0.25, 0.3) is 5.89 Å². The Morgan fingerprint density at radius 1 is 1.04 bits per heavy atom. The zero-order valence-corrected chi connectivity index (χ0v) is 14.4. The normalized spacial score (nSPS) is 10.9. The highest BCUT2D eigenvalue weighted by molar-refractivity contribution is 5.59. The third kappa shape index (κ3) is 3.32. The molecule has 136 valence electrons. The number of nitrogens with zero attached hydrogens (tertiary/aromatic N) is 6. The number of nitrogens with two attached hydrogens (primary N) is 1. The zero-order chi connectivity index (χ0) is 19.0. The van der Waals surface area contributed by atoms with Gasteiger partial charge in [0.1, 0.15) is 11.6 Å². The smallest absolute Gasteiger partial charge is 0.294 e. The summed E-state index contributed by atoms with van der Waals surface area (Å²) in [7, 11) is 1.68. The van der Waals surface area contributed by atoms with E-state index in [-0.39, 0.29) is 35.3 Å². The van der Waals surface area contributed by atoms with Crippen LogP contribution >= 0.6 is 0 Å². The molecule has 0 aliphatic carbocycles. The summed E-state index contributed by atoms with van der Waals surface area (Å²) in [5.74, 6) is 1.40. The van der Waals surface area contributed by atoms with Gasteiger partial charge in [-0.3, -0.25) is 0 Å². The van der Waals surface area contributed by atoms with Crippen LogP contribution in [0.2, 0.25) is 0 Å². The SMILES string of the molecule is Cc1ccc(-c2nc(-c3nc(N)nc(N(C)c4cccc(F)c4)n3)no2)o1. The van der Waals surface area contributed by atoms with Gasteiger partial charge in [-0.1, -0.05) is 11.2 Å². The van der Waals surface area contributed by atoms with Gasteiger partial charge in [0.05, 0.1) is 0 Å². The van der Waals surface area contributed by atoms with Crippen molar-refractivity contribution in [2.45, 2.75) is 6.92 Å². The number of furan rings is 1. The van der Waals surface area contributed by atoms with Crippen LogP contribution in [-0.2, 0) is 0 Å². The second-order valence-corrected chi connectivity index (χ2v) is 5.69. The molecule has 10 heteroatoms. The molecule has 0 atom stereocenters. The monoisotopic (exact) mass is 367 g/mol. The minimum absolute atomic E-state index is 0.0292. The molecular weight excluding hydrogens is 353 g/mol. The van der Waals surface area contributed by atoms with Crippen molar-refractivity contribution in [3.05, 3.63) is 48.0 Å². The Hall–Kier alpha value is -3.82. The predicted octanol–water partition coefficient (Wildman–Crippen LogP) is 2.98. The highest BCUT2D eigenvalue weighted by Crippen LogP contribution is 2.25. The van der Waals surface area contributed by atoms with Crippen molar-refractivity contribution in [2.24, 2.45) is 0 Å². The van der Waals surface area contributed by atoms with Crippen LogP contribution in [0.4, 0.5) is 22.0 Å². The topological polar surface area (TPSA) is 120 Å². The predicted molar refractivity (Wildman–Crippen MR) is 94.4 cm³/mol. The minimum atomic E-state index is -0.377. The number of anilines is 3. The van der Waals surface area contributed by atoms with Crippen molar-refractivity contribution in [3.8, 4) is 23.3 Å². The molecule has 0 aliphatic rings. The molecule has 0 bridgehead atoms. The van der Waals surface area contributed by atoms with Crippen molar-refractivity contribution >= 4 is 17.6 Å². The maximum absolute atomic E-state index is 13.5. The lowest BCUT2D eigenvalue weighted by Gasteiger charge is -2.17. The summed E-state index contributed by atoms with van der Waals surface area (Å²) in [5, 5.41) is 3.87. The van der Waals surface area contributed by atoms with Gasteiger partial charge in [0.2, 0.25) is 23.5 Å². The van der Waals surface area contributed by atoms with E-state index in [1.54, 1.807) is 36.2 Å². The van der Waals surface area contributed by atoms with Crippen LogP contribution in [0, 0.1) is 12.7 Å². The van der Waals surface area contributed by atoms with E-state index in [4.69, 9.17) is 14.7 Å². The van der Waals surface area contributed by atoms with E-state index in [1.807, 2.05) is 6.92 Å². The maximum Gasteiger partial charge on any atom is 0.294 e. The molecule has 0 radical (unpaired) electrons. The molecule has 1 aromatic carbocycles. The zero-order valence-electron chi connectivity index (χ0n) is 14.4. The second-order valence-electron chi connectivity index (χ2n) is 5.69. The Morgan fingerprint density at radius 2 is 1.89 bits per heavy atom. The van der Waals surface area contributed by atoms with Crippen LogP contribution in [-0.4, -0.2) is 32.1 Å². The highest BCUT2D eigenvalue weighted by Gasteiger charge is 2.18. The van der Waals surface area contributed by atoms with E-state index < -0.39 is 0 Å². The summed E-state index contributed by atoms with van der Waals surface area (Å²) in [6, 6.07) is 9.51. The van der Waals surface area contributed by atoms with Crippen molar-refractivity contribution in [1.82, 2.24) is 25.1 Å². The molecule has 3 aromatic heterocycles. The Kier molecular flexibility index (Phi) is 3.99. The number of benzene rings is 1. The van der Waals surface area contributed by atoms with Crippen LogP contribution in [0.1, 0.15) is 5.76 Å². The molecule has 0 fully saturated rings. The first kappa shape index (κ1) is 16.6. The van der Waals surface area contributed by atoms with Gasteiger partial charge in [0.15, 0.2) is 5.76 Å². The van der Waals surface area contributed by atoms with Gasteiger partial charge in [-0.05, 0) is 37.3 Å². The van der Waals surface area contributed by atoms with E-state index in [0.29, 0.717) is 17.2 Å². The number of rotatable bonds is 4. The molecule has 3 heterocycles. The second kappa shape index (κ2) is 6.48. The summed E-state index contributed by atoms with van der Waals surface area (Å²) >= 11 is 0. The number of aryl methyl sites for hydroxylation is 1. The fraction of sp³-hybridized carbons (Fsp3) is 0.118. The van der Waals surface area contributed by atoms with Gasteiger partial charge in [-0.25, -0.2) is 4.39 Å². The highest BCUT2D eigenvalue weighted by atomic mass is 19.1. The van der Waals surface area contributed by atoms with Gasteiger partial charge in [-0.15, -0.1) is 0 Å². The Labute approximate surface area is 152 Å². The quantitative estimate of drug-likeness (QED) is 0.580. The molecule has 9 nitrogen and oxygen atoms in total. The third-order valence-corrected chi connectivity index (χ3v) is 3.71. The molecule has 0 unspecified atom stereocenters. The molecule has 4 aromatic rings. The molecule has 4 rings (SSSR count). The summed E-state index contributed by atoms with van der Waals surface area (Å²) in [5.41, 5.74) is 6.34. The van der Waals surface area contributed by atoms with E-state index >= 15 is 0 Å². The van der Waals surface area contributed by atoms with Gasteiger partial charge >= 0.3 is 0 Å². The number of nitrogen functional groups attached to an aromatic ring is 1. The number of halogens is 1. The molecule has 0 aliphatic heterocycles. The van der Waals surface area contributed by atoms with Crippen molar-refractivity contribution in [1.29, 1.82) is 0 Å². The minimum Gasteiger partial charge on any atom is -0.456 e. The van der Waals surface area contributed by atoms with Crippen molar-refractivity contribution < 1.29 is 13.3 Å². The fourth-order valence-corrected chi connectivity index (χ4v) is 2.39. The van der Waals surface area contributed by atoms with Crippen LogP contribution in [0.15, 0.2) is 45.3 Å². The van der Waals surface area contributed by atoms with E-state index in [2.05, 4.69) is 25.1 Å². The lowest BCUT2D eigenvalue weighted by Crippen LogP contribution is -2.15. The molecule has 0 amide bonds. The summed E-state index contributed by atoms with van der Waals surface area (Å²) < 4.78 is 24.1. The summed E-state index contributed by atoms with van der Waals surface area (Å²) in [6.45, 7) is 1.81. The van der Waals surface area contributed by atoms with Gasteiger partial charge in [-0.2, -0.15) is 19.9 Å². The maximum atomic E-state index is 13.5. The third-order valence-electron chi connectivity index (χ3n) is 3.71. The van der Waals surface area contributed by atoms with E-state index in [9.17, 15) is 4.39 Å². The van der Waals surface area contributed by atoms with Crippen molar-refractivity contribution in [3.63, 3.8) is 0 Å². The first-order valence-corrected chi connectivity index (χ1v) is 7.91. The van der Waals surface area contributed by atoms with Gasteiger partial charge in [0, 0.05) is 12.7 Å². The standard InChI is InChI=1S/C17H14FN7O2/c1-9-6-7-12(26-9)15-20-14(24-27-15)13-21-16(19)23-17(22-13)25(2)11-5-3-4-10(18)8-11/h3-8H,1-2H3,(H2,19,21,22,23). The summed E-state index contributed by atoms with van der Waals surface area (Å²) in [6.07, 6.45) is 0. The first-order chi connectivity index (χ1) is 13.0. The Morgan fingerprint density at radius 3 is 2.63 bits per heavy atom. The average molecular weight is 367 g/mol. The Bertz CT molecular complexity index is 1110. The average Bonchev–Trinajstić information content (AvgIpc) is 3.29. The van der Waals surface area contributed by atoms with Crippen LogP contribution in [0.25, 0.3) is 23.3 Å². The summed E-state index contributed by atoms with van der Waals surface area (Å²) in [4.78, 5) is 18.2. The van der Waals surface area contributed by atoms with E-state index in [0.717, 1.165) is 0 Å². The largest absolute Gasteiger partial charge is 0.456 e. The lowest BCUT2D eigenvalue weighted by molar-refractivity contribution is 0.413. The van der Waals surface area contributed by atoms with E-state index in [1.165, 1.54) is 12.1 Å². The van der Waals surface area contributed by atoms with Crippen LogP contribution in [0.5, 0.6) is 0 Å². The first-order valence-electron chi connectivity index (χ1n) is 7.91. The molecule has 27 heavy (non-hydrogen) atoms.